The highest BCUT2D eigenvalue weighted by atomic mass is 16.3. The summed E-state index contributed by atoms with van der Waals surface area (Å²) in [6.45, 7) is 0. The van der Waals surface area contributed by atoms with E-state index in [0.29, 0.717) is 0 Å². The van der Waals surface area contributed by atoms with Gasteiger partial charge in [-0.05, 0) is 117 Å². The maximum absolute atomic E-state index is 6.74. The first-order valence-corrected chi connectivity index (χ1v) is 22.2. The standard InChI is InChI=1S/C61H41NO2/c1-3-13-40(14-4-1)42-23-29-46(30-24-42)62(47-31-25-43(26-32-47)41-15-5-2-6-16-41)48-33-36-50-49-17-7-10-20-55(49)61(56(50)39-48,44-27-34-53-51-18-8-11-21-57(51)63-59(53)37-44)45-28-35-54-52-19-9-12-22-58(52)64-60(54)38-45/h1-11,13-21,23-39H,12,22H2. The molecule has 0 saturated heterocycles. The van der Waals surface area contributed by atoms with Crippen molar-refractivity contribution in [2.45, 2.75) is 18.3 Å². The summed E-state index contributed by atoms with van der Waals surface area (Å²) in [5.41, 5.74) is 18.3. The van der Waals surface area contributed by atoms with E-state index in [1.54, 1.807) is 0 Å². The first-order chi connectivity index (χ1) is 31.7. The van der Waals surface area contributed by atoms with Gasteiger partial charge in [0.1, 0.15) is 22.5 Å². The maximum atomic E-state index is 6.74. The van der Waals surface area contributed by atoms with Crippen molar-refractivity contribution in [1.82, 2.24) is 0 Å². The summed E-state index contributed by atoms with van der Waals surface area (Å²) < 4.78 is 13.4. The van der Waals surface area contributed by atoms with Crippen LogP contribution in [0.25, 0.3) is 72.4 Å². The van der Waals surface area contributed by atoms with Gasteiger partial charge in [0, 0.05) is 45.2 Å². The molecule has 302 valence electrons. The minimum atomic E-state index is -0.716. The predicted molar refractivity (Wildman–Crippen MR) is 264 cm³/mol. The summed E-state index contributed by atoms with van der Waals surface area (Å²) in [5.74, 6) is 1.06. The molecule has 0 N–H and O–H groups in total. The largest absolute Gasteiger partial charge is 0.460 e. The smallest absolute Gasteiger partial charge is 0.135 e. The van der Waals surface area contributed by atoms with Gasteiger partial charge in [-0.15, -0.1) is 0 Å². The molecule has 13 rings (SSSR count). The summed E-state index contributed by atoms with van der Waals surface area (Å²) in [7, 11) is 0. The lowest BCUT2D eigenvalue weighted by atomic mass is 9.67. The lowest BCUT2D eigenvalue weighted by Crippen LogP contribution is -2.28. The molecule has 9 aromatic carbocycles. The Morgan fingerprint density at radius 3 is 1.64 bits per heavy atom. The molecule has 0 spiro atoms. The molecule has 1 unspecified atom stereocenters. The third kappa shape index (κ3) is 5.60. The molecule has 2 aromatic heterocycles. The maximum Gasteiger partial charge on any atom is 0.135 e. The quantitative estimate of drug-likeness (QED) is 0.160. The number of benzene rings is 9. The summed E-state index contributed by atoms with van der Waals surface area (Å²) in [6.07, 6.45) is 6.39. The van der Waals surface area contributed by atoms with E-state index in [9.17, 15) is 0 Å². The van der Waals surface area contributed by atoms with E-state index in [0.717, 1.165) is 79.7 Å². The molecule has 0 saturated carbocycles. The minimum absolute atomic E-state index is 0.716. The van der Waals surface area contributed by atoms with Gasteiger partial charge in [-0.1, -0.05) is 170 Å². The third-order valence-corrected chi connectivity index (χ3v) is 13.6. The van der Waals surface area contributed by atoms with Gasteiger partial charge >= 0.3 is 0 Å². The molecule has 1 atom stereocenters. The highest BCUT2D eigenvalue weighted by molar-refractivity contribution is 6.05. The Kier molecular flexibility index (Phi) is 8.26. The van der Waals surface area contributed by atoms with E-state index in [1.807, 2.05) is 6.07 Å². The molecule has 0 aliphatic heterocycles. The number of fused-ring (bicyclic) bond motifs is 9. The van der Waals surface area contributed by atoms with E-state index >= 15 is 0 Å². The SMILES string of the molecule is C1=Cc2c(oc3cc(C4(c5ccc6c(c5)oc5ccccc56)c5ccccc5-c5ccc(N(c6ccc(-c7ccccc7)cc6)c6ccc(-c7ccccc7)cc6)cc54)ccc23)CC1. The van der Waals surface area contributed by atoms with Crippen LogP contribution in [-0.4, -0.2) is 0 Å². The molecule has 2 heterocycles. The van der Waals surface area contributed by atoms with Crippen LogP contribution < -0.4 is 4.90 Å². The zero-order chi connectivity index (χ0) is 42.2. The highest BCUT2D eigenvalue weighted by Crippen LogP contribution is 2.58. The first kappa shape index (κ1) is 36.5. The average Bonchev–Trinajstić information content (AvgIpc) is 4.03. The number of para-hydroxylation sites is 1. The van der Waals surface area contributed by atoms with Crippen LogP contribution in [0.15, 0.2) is 227 Å². The van der Waals surface area contributed by atoms with Crippen LogP contribution in [0.5, 0.6) is 0 Å². The Hall–Kier alpha value is -8.14. The lowest BCUT2D eigenvalue weighted by molar-refractivity contribution is 0.545. The molecule has 3 nitrogen and oxygen atoms in total. The van der Waals surface area contributed by atoms with Crippen LogP contribution in [0, 0.1) is 0 Å². The molecule has 0 bridgehead atoms. The summed E-state index contributed by atoms with van der Waals surface area (Å²) in [4.78, 5) is 2.40. The topological polar surface area (TPSA) is 29.5 Å². The van der Waals surface area contributed by atoms with Crippen LogP contribution in [0.2, 0.25) is 0 Å². The molecular formula is C61H41NO2. The van der Waals surface area contributed by atoms with Gasteiger partial charge < -0.3 is 13.7 Å². The van der Waals surface area contributed by atoms with Crippen molar-refractivity contribution in [3.63, 3.8) is 0 Å². The number of nitrogens with zero attached hydrogens (tertiary/aromatic N) is 1. The third-order valence-electron chi connectivity index (χ3n) is 13.6. The molecular weight excluding hydrogens is 779 g/mol. The van der Waals surface area contributed by atoms with Gasteiger partial charge in [-0.2, -0.15) is 0 Å². The van der Waals surface area contributed by atoms with Crippen molar-refractivity contribution in [3.8, 4) is 33.4 Å². The van der Waals surface area contributed by atoms with Gasteiger partial charge in [0.15, 0.2) is 0 Å². The minimum Gasteiger partial charge on any atom is -0.460 e. The van der Waals surface area contributed by atoms with E-state index in [1.165, 1.54) is 50.1 Å². The normalized spacial score (nSPS) is 15.1. The number of hydrogen-bond acceptors (Lipinski definition) is 3. The Morgan fingerprint density at radius 1 is 0.391 bits per heavy atom. The summed E-state index contributed by atoms with van der Waals surface area (Å²) >= 11 is 0. The first-order valence-electron chi connectivity index (χ1n) is 22.2. The monoisotopic (exact) mass is 819 g/mol. The van der Waals surface area contributed by atoms with Crippen LogP contribution in [0.1, 0.15) is 40.0 Å². The van der Waals surface area contributed by atoms with Crippen molar-refractivity contribution >= 4 is 56.0 Å². The van der Waals surface area contributed by atoms with E-state index in [4.69, 9.17) is 8.83 Å². The van der Waals surface area contributed by atoms with Crippen molar-refractivity contribution in [2.75, 3.05) is 4.90 Å². The number of furan rings is 2. The van der Waals surface area contributed by atoms with E-state index < -0.39 is 5.41 Å². The second-order valence-electron chi connectivity index (χ2n) is 17.1. The molecule has 11 aromatic rings. The van der Waals surface area contributed by atoms with Crippen molar-refractivity contribution < 1.29 is 8.83 Å². The number of rotatable bonds is 7. The van der Waals surface area contributed by atoms with Crippen LogP contribution >= 0.6 is 0 Å². The van der Waals surface area contributed by atoms with Crippen LogP contribution in [-0.2, 0) is 11.8 Å². The average molecular weight is 820 g/mol. The fraction of sp³-hybridized carbons (Fsp3) is 0.0492. The zero-order valence-electron chi connectivity index (χ0n) is 35.0. The Bertz CT molecular complexity index is 3510. The molecule has 2 aliphatic carbocycles. The van der Waals surface area contributed by atoms with Gasteiger partial charge in [0.05, 0.1) is 5.41 Å². The van der Waals surface area contributed by atoms with E-state index in [-0.39, 0.29) is 0 Å². The van der Waals surface area contributed by atoms with Crippen LogP contribution in [0.4, 0.5) is 17.1 Å². The predicted octanol–water partition coefficient (Wildman–Crippen LogP) is 16.5. The van der Waals surface area contributed by atoms with Gasteiger partial charge in [-0.3, -0.25) is 0 Å². The second-order valence-corrected chi connectivity index (χ2v) is 17.1. The fourth-order valence-electron chi connectivity index (χ4n) is 10.7. The molecule has 3 heteroatoms. The van der Waals surface area contributed by atoms with Gasteiger partial charge in [0.25, 0.3) is 0 Å². The van der Waals surface area contributed by atoms with Crippen LogP contribution in [0.3, 0.4) is 0 Å². The highest BCUT2D eigenvalue weighted by Gasteiger charge is 2.47. The Labute approximate surface area is 371 Å². The second kappa shape index (κ2) is 14.5. The molecule has 2 aliphatic rings. The summed E-state index contributed by atoms with van der Waals surface area (Å²) in [6, 6.07) is 77.3. The van der Waals surface area contributed by atoms with Crippen molar-refractivity contribution in [3.05, 3.63) is 252 Å². The summed E-state index contributed by atoms with van der Waals surface area (Å²) in [5, 5.41) is 3.39. The Morgan fingerprint density at radius 2 is 0.938 bits per heavy atom. The molecule has 0 fully saturated rings. The number of hydrogen-bond donors (Lipinski definition) is 0. The number of aryl methyl sites for hydroxylation is 1. The van der Waals surface area contributed by atoms with Gasteiger partial charge in [-0.25, -0.2) is 0 Å². The zero-order valence-corrected chi connectivity index (χ0v) is 35.0. The molecule has 0 radical (unpaired) electrons. The Balaban J connectivity index is 1.06. The van der Waals surface area contributed by atoms with Crippen molar-refractivity contribution in [2.24, 2.45) is 0 Å². The fourth-order valence-corrected chi connectivity index (χ4v) is 10.7. The van der Waals surface area contributed by atoms with Gasteiger partial charge in [0.2, 0.25) is 0 Å². The number of anilines is 3. The molecule has 64 heavy (non-hydrogen) atoms. The molecule has 0 amide bonds. The van der Waals surface area contributed by atoms with E-state index in [2.05, 4.69) is 223 Å². The number of allylic oxidation sites excluding steroid dienone is 1. The van der Waals surface area contributed by atoms with Crippen molar-refractivity contribution in [1.29, 1.82) is 0 Å². The lowest BCUT2D eigenvalue weighted by Gasteiger charge is -2.35.